The first kappa shape index (κ1) is 24.6. The van der Waals surface area contributed by atoms with Crippen LogP contribution in [0.25, 0.3) is 0 Å². The van der Waals surface area contributed by atoms with Crippen molar-refractivity contribution in [3.8, 4) is 5.75 Å². The summed E-state index contributed by atoms with van der Waals surface area (Å²) in [7, 11) is -3.23. The fourth-order valence-corrected chi connectivity index (χ4v) is 6.43. The maximum absolute atomic E-state index is 13.8. The van der Waals surface area contributed by atoms with Crippen molar-refractivity contribution in [3.63, 3.8) is 0 Å². The van der Waals surface area contributed by atoms with Crippen LogP contribution in [0.3, 0.4) is 0 Å². The molecule has 1 spiro atoms. The van der Waals surface area contributed by atoms with Crippen LogP contribution in [0, 0.1) is 0 Å². The number of likely N-dealkylation sites (tertiary alicyclic amines) is 1. The zero-order valence-corrected chi connectivity index (χ0v) is 21.6. The Balaban J connectivity index is 1.25. The average molecular weight is 519 g/mol. The molecule has 1 atom stereocenters. The quantitative estimate of drug-likeness (QED) is 0.630. The molecule has 1 aliphatic carbocycles. The van der Waals surface area contributed by atoms with E-state index in [1.54, 1.807) is 24.3 Å². The van der Waals surface area contributed by atoms with Gasteiger partial charge in [0.1, 0.15) is 12.4 Å². The van der Waals surface area contributed by atoms with E-state index >= 15 is 0 Å². The topological polar surface area (TPSA) is 87.2 Å². The Morgan fingerprint density at radius 2 is 1.80 bits per heavy atom. The standard InChI is InChI=1S/C26H31ClN2O5S/c1-17(16-34-21-4-6-22(7-5-21)35(2,32)33)28-11-9-26(10-12-28)23-13-18(27)3-8-24(23)29(25(26)31)19-14-20(30)15-19/h3-8,13,17,19-20,30H,9-12,14-16H2,1-2H3/t17-,19?,20?/m1/s1. The van der Waals surface area contributed by atoms with Crippen LogP contribution >= 0.6 is 11.6 Å². The first-order valence-electron chi connectivity index (χ1n) is 12.1. The molecule has 188 valence electrons. The molecule has 2 aliphatic heterocycles. The van der Waals surface area contributed by atoms with Gasteiger partial charge in [0.2, 0.25) is 5.91 Å². The van der Waals surface area contributed by atoms with Crippen molar-refractivity contribution in [1.82, 2.24) is 4.90 Å². The van der Waals surface area contributed by atoms with Gasteiger partial charge in [0, 0.05) is 29.0 Å². The van der Waals surface area contributed by atoms with Crippen LogP contribution in [0.2, 0.25) is 5.02 Å². The molecule has 1 N–H and O–H groups in total. The van der Waals surface area contributed by atoms with Crippen LogP contribution in [0.4, 0.5) is 5.69 Å². The van der Waals surface area contributed by atoms with Crippen molar-refractivity contribution >= 4 is 33.0 Å². The van der Waals surface area contributed by atoms with Gasteiger partial charge in [0.05, 0.1) is 16.4 Å². The van der Waals surface area contributed by atoms with E-state index in [-0.39, 0.29) is 29.0 Å². The summed E-state index contributed by atoms with van der Waals surface area (Å²) in [5.41, 5.74) is 1.39. The van der Waals surface area contributed by atoms with Crippen LogP contribution in [-0.2, 0) is 20.0 Å². The molecule has 7 nitrogen and oxygen atoms in total. The highest BCUT2D eigenvalue weighted by molar-refractivity contribution is 7.90. The van der Waals surface area contributed by atoms with E-state index in [1.165, 1.54) is 6.26 Å². The smallest absolute Gasteiger partial charge is 0.238 e. The predicted molar refractivity (Wildman–Crippen MR) is 135 cm³/mol. The molecule has 0 aromatic heterocycles. The van der Waals surface area contributed by atoms with E-state index in [0.29, 0.717) is 43.1 Å². The molecule has 2 heterocycles. The first-order valence-corrected chi connectivity index (χ1v) is 14.3. The number of fused-ring (bicyclic) bond motifs is 2. The van der Waals surface area contributed by atoms with E-state index in [2.05, 4.69) is 11.8 Å². The summed E-state index contributed by atoms with van der Waals surface area (Å²) in [6.45, 7) is 4.09. The molecule has 0 bridgehead atoms. The third kappa shape index (κ3) is 4.46. The van der Waals surface area contributed by atoms with Crippen molar-refractivity contribution in [3.05, 3.63) is 53.1 Å². The molecule has 2 aromatic rings. The summed E-state index contributed by atoms with van der Waals surface area (Å²) in [5, 5.41) is 10.5. The Morgan fingerprint density at radius 1 is 1.14 bits per heavy atom. The minimum Gasteiger partial charge on any atom is -0.492 e. The normalized spacial score (nSPS) is 24.8. The van der Waals surface area contributed by atoms with Crippen LogP contribution in [0.15, 0.2) is 47.4 Å². The van der Waals surface area contributed by atoms with Gasteiger partial charge in [-0.15, -0.1) is 0 Å². The molecule has 35 heavy (non-hydrogen) atoms. The number of carbonyl (C=O) groups is 1. The molecular formula is C26H31ClN2O5S. The number of ether oxygens (including phenoxy) is 1. The SMILES string of the molecule is C[C@H](COc1ccc(S(C)(=O)=O)cc1)N1CCC2(CC1)C(=O)N(C1CC(O)C1)c1ccc(Cl)cc12. The number of aliphatic hydroxyl groups is 1. The lowest BCUT2D eigenvalue weighted by Gasteiger charge is -2.43. The van der Waals surface area contributed by atoms with Crippen molar-refractivity contribution in [2.24, 2.45) is 0 Å². The number of hydrogen-bond acceptors (Lipinski definition) is 6. The minimum absolute atomic E-state index is 0.0521. The molecule has 1 amide bonds. The van der Waals surface area contributed by atoms with E-state index < -0.39 is 15.3 Å². The number of rotatable bonds is 6. The second-order valence-electron chi connectivity index (χ2n) is 10.1. The van der Waals surface area contributed by atoms with Crippen molar-refractivity contribution < 1.29 is 23.1 Å². The van der Waals surface area contributed by atoms with Gasteiger partial charge in [0.15, 0.2) is 9.84 Å². The summed E-state index contributed by atoms with van der Waals surface area (Å²) in [4.78, 5) is 18.3. The molecule has 5 rings (SSSR count). The largest absolute Gasteiger partial charge is 0.492 e. The number of piperidine rings is 1. The van der Waals surface area contributed by atoms with Crippen molar-refractivity contribution in [2.75, 3.05) is 30.9 Å². The molecule has 3 aliphatic rings. The fraction of sp³-hybridized carbons (Fsp3) is 0.500. The van der Waals surface area contributed by atoms with Gasteiger partial charge in [-0.1, -0.05) is 11.6 Å². The molecule has 1 saturated heterocycles. The molecule has 9 heteroatoms. The Morgan fingerprint density at radius 3 is 2.40 bits per heavy atom. The monoisotopic (exact) mass is 518 g/mol. The predicted octanol–water partition coefficient (Wildman–Crippen LogP) is 3.41. The molecule has 0 unspecified atom stereocenters. The molecular weight excluding hydrogens is 488 g/mol. The number of anilines is 1. The van der Waals surface area contributed by atoms with Gasteiger partial charge in [-0.25, -0.2) is 8.42 Å². The van der Waals surface area contributed by atoms with Gasteiger partial charge < -0.3 is 14.7 Å². The van der Waals surface area contributed by atoms with Gasteiger partial charge in [-0.2, -0.15) is 0 Å². The van der Waals surface area contributed by atoms with Crippen LogP contribution in [0.5, 0.6) is 5.75 Å². The van der Waals surface area contributed by atoms with Gasteiger partial charge in [-0.05, 0) is 93.7 Å². The lowest BCUT2D eigenvalue weighted by Crippen LogP contribution is -2.55. The number of nitrogens with zero attached hydrogens (tertiary/aromatic N) is 2. The summed E-state index contributed by atoms with van der Waals surface area (Å²) in [6, 6.07) is 12.4. The average Bonchev–Trinajstić information content (AvgIpc) is 3.03. The van der Waals surface area contributed by atoms with E-state index in [4.69, 9.17) is 16.3 Å². The highest BCUT2D eigenvalue weighted by atomic mass is 35.5. The van der Waals surface area contributed by atoms with Crippen LogP contribution in [0.1, 0.15) is 38.2 Å². The Labute approximate surface area is 211 Å². The summed E-state index contributed by atoms with van der Waals surface area (Å²) >= 11 is 6.35. The second kappa shape index (κ2) is 9.07. The number of hydrogen-bond donors (Lipinski definition) is 1. The second-order valence-corrected chi connectivity index (χ2v) is 12.6. The van der Waals surface area contributed by atoms with Gasteiger partial charge in [0.25, 0.3) is 0 Å². The Kier molecular flexibility index (Phi) is 6.36. The van der Waals surface area contributed by atoms with Crippen molar-refractivity contribution in [2.45, 2.75) is 61.1 Å². The zero-order valence-electron chi connectivity index (χ0n) is 20.0. The number of aliphatic hydroxyl groups excluding tert-OH is 1. The maximum atomic E-state index is 13.8. The van der Waals surface area contributed by atoms with Gasteiger partial charge in [-0.3, -0.25) is 9.69 Å². The summed E-state index contributed by atoms with van der Waals surface area (Å²) in [6.07, 6.45) is 3.51. The van der Waals surface area contributed by atoms with E-state index in [1.807, 2.05) is 23.1 Å². The van der Waals surface area contributed by atoms with Gasteiger partial charge >= 0.3 is 0 Å². The number of sulfone groups is 1. The lowest BCUT2D eigenvalue weighted by molar-refractivity contribution is -0.126. The number of benzene rings is 2. The Bertz CT molecular complexity index is 1220. The van der Waals surface area contributed by atoms with E-state index in [0.717, 1.165) is 24.3 Å². The summed E-state index contributed by atoms with van der Waals surface area (Å²) in [5.74, 6) is 0.770. The summed E-state index contributed by atoms with van der Waals surface area (Å²) < 4.78 is 29.2. The number of halogens is 1. The third-order valence-electron chi connectivity index (χ3n) is 7.83. The number of carbonyl (C=O) groups excluding carboxylic acids is 1. The van der Waals surface area contributed by atoms with Crippen molar-refractivity contribution in [1.29, 1.82) is 0 Å². The fourth-order valence-electron chi connectivity index (χ4n) is 5.62. The molecule has 2 aromatic carbocycles. The third-order valence-corrected chi connectivity index (χ3v) is 9.20. The molecule has 0 radical (unpaired) electrons. The highest BCUT2D eigenvalue weighted by Gasteiger charge is 2.55. The highest BCUT2D eigenvalue weighted by Crippen LogP contribution is 2.51. The van der Waals surface area contributed by atoms with Crippen LogP contribution in [-0.4, -0.2) is 68.5 Å². The van der Waals surface area contributed by atoms with E-state index in [9.17, 15) is 18.3 Å². The molecule has 2 fully saturated rings. The number of amides is 1. The first-order chi connectivity index (χ1) is 16.6. The Hall–Kier alpha value is -2.13. The lowest BCUT2D eigenvalue weighted by atomic mass is 9.73. The maximum Gasteiger partial charge on any atom is 0.238 e. The zero-order chi connectivity index (χ0) is 25.0. The van der Waals surface area contributed by atoms with Crippen LogP contribution < -0.4 is 9.64 Å². The minimum atomic E-state index is -3.23. The molecule has 1 saturated carbocycles.